The minimum absolute atomic E-state index is 0.0418. The zero-order valence-corrected chi connectivity index (χ0v) is 21.4. The van der Waals surface area contributed by atoms with Crippen molar-refractivity contribution in [2.45, 2.75) is 11.8 Å². The number of esters is 1. The van der Waals surface area contributed by atoms with Crippen molar-refractivity contribution >= 4 is 33.4 Å². The number of carbonyl (C=O) groups is 2. The van der Waals surface area contributed by atoms with Crippen LogP contribution in [0.4, 0.5) is 11.5 Å². The van der Waals surface area contributed by atoms with Crippen LogP contribution < -0.4 is 25.6 Å². The molecule has 196 valence electrons. The number of aromatic nitrogens is 2. The number of rotatable bonds is 9. The van der Waals surface area contributed by atoms with Gasteiger partial charge in [0.2, 0.25) is 0 Å². The Balaban J connectivity index is 1.52. The van der Waals surface area contributed by atoms with Crippen molar-refractivity contribution in [3.8, 4) is 5.75 Å². The Kier molecular flexibility index (Phi) is 8.17. The number of hydrogen-bond acceptors (Lipinski definition) is 8. The number of hydrogen-bond donors (Lipinski definition) is 1. The van der Waals surface area contributed by atoms with Crippen LogP contribution in [0.5, 0.6) is 5.75 Å². The maximum absolute atomic E-state index is 12.8. The largest absolute Gasteiger partial charge is 0.482 e. The first-order valence-corrected chi connectivity index (χ1v) is 12.3. The van der Waals surface area contributed by atoms with Crippen molar-refractivity contribution < 1.29 is 27.5 Å². The molecule has 0 unspecified atom stereocenters. The number of nitrogens with one attached hydrogen (secondary N) is 1. The second-order valence-electron chi connectivity index (χ2n) is 8.05. The maximum atomic E-state index is 12.8. The van der Waals surface area contributed by atoms with Crippen LogP contribution in [0, 0.1) is 6.92 Å². The summed E-state index contributed by atoms with van der Waals surface area (Å²) < 4.78 is 38.9. The molecule has 1 heterocycles. The third kappa shape index (κ3) is 6.44. The van der Waals surface area contributed by atoms with E-state index in [1.54, 1.807) is 12.1 Å². The number of anilines is 2. The van der Waals surface area contributed by atoms with E-state index in [0.29, 0.717) is 5.69 Å². The van der Waals surface area contributed by atoms with Crippen molar-refractivity contribution in [3.05, 3.63) is 81.0 Å². The molecule has 2 aromatic carbocycles. The molecule has 3 rings (SSSR count). The lowest BCUT2D eigenvalue weighted by atomic mass is 10.2. The molecule has 13 heteroatoms. The first kappa shape index (κ1) is 27.2. The highest BCUT2D eigenvalue weighted by atomic mass is 32.2. The number of nitrogens with zero attached hydrogens (tertiary/aromatic N) is 3. The Labute approximate surface area is 212 Å². The molecule has 3 aromatic rings. The number of amides is 1. The van der Waals surface area contributed by atoms with Gasteiger partial charge in [-0.05, 0) is 43.3 Å². The van der Waals surface area contributed by atoms with E-state index in [-0.39, 0.29) is 16.5 Å². The van der Waals surface area contributed by atoms with E-state index in [4.69, 9.17) is 9.47 Å². The molecule has 0 aliphatic carbocycles. The number of benzene rings is 2. The molecular formula is C24H26N4O8S. The lowest BCUT2D eigenvalue weighted by Crippen LogP contribution is -2.38. The minimum atomic E-state index is -3.75. The van der Waals surface area contributed by atoms with Crippen LogP contribution in [0.1, 0.15) is 5.56 Å². The fraction of sp³-hybridized carbons (Fsp3) is 0.250. The van der Waals surface area contributed by atoms with Gasteiger partial charge in [-0.1, -0.05) is 17.7 Å². The van der Waals surface area contributed by atoms with Crippen molar-refractivity contribution in [3.63, 3.8) is 0 Å². The van der Waals surface area contributed by atoms with Crippen molar-refractivity contribution in [1.82, 2.24) is 9.13 Å². The Hall–Kier alpha value is -4.39. The molecule has 0 aliphatic heterocycles. The summed E-state index contributed by atoms with van der Waals surface area (Å²) >= 11 is 0. The first-order valence-electron chi connectivity index (χ1n) is 10.9. The molecule has 0 fully saturated rings. The Morgan fingerprint density at radius 2 is 1.57 bits per heavy atom. The summed E-state index contributed by atoms with van der Waals surface area (Å²) in [6.07, 6.45) is 0. The van der Waals surface area contributed by atoms with Gasteiger partial charge in [-0.3, -0.25) is 23.0 Å². The molecule has 1 N–H and O–H groups in total. The molecule has 12 nitrogen and oxygen atoms in total. The predicted molar refractivity (Wildman–Crippen MR) is 135 cm³/mol. The third-order valence-electron chi connectivity index (χ3n) is 5.39. The van der Waals surface area contributed by atoms with Gasteiger partial charge in [-0.25, -0.2) is 18.0 Å². The normalized spacial score (nSPS) is 11.0. The topological polar surface area (TPSA) is 146 Å². The molecule has 0 spiro atoms. The molecule has 1 amide bonds. The lowest BCUT2D eigenvalue weighted by molar-refractivity contribution is -0.149. The zero-order valence-electron chi connectivity index (χ0n) is 20.6. The van der Waals surface area contributed by atoms with E-state index < -0.39 is 46.4 Å². The predicted octanol–water partition coefficient (Wildman–Crippen LogP) is 0.778. The first-order chi connectivity index (χ1) is 17.4. The summed E-state index contributed by atoms with van der Waals surface area (Å²) in [5.74, 6) is -1.35. The van der Waals surface area contributed by atoms with E-state index in [9.17, 15) is 27.6 Å². The zero-order chi connectivity index (χ0) is 27.3. The summed E-state index contributed by atoms with van der Waals surface area (Å²) in [5, 5.41) is 2.33. The van der Waals surface area contributed by atoms with E-state index >= 15 is 0 Å². The van der Waals surface area contributed by atoms with E-state index in [1.807, 2.05) is 6.92 Å². The summed E-state index contributed by atoms with van der Waals surface area (Å²) in [6, 6.07) is 13.6. The van der Waals surface area contributed by atoms with Gasteiger partial charge in [0.05, 0.1) is 10.6 Å². The number of ether oxygens (including phenoxy) is 2. The van der Waals surface area contributed by atoms with Gasteiger partial charge in [0.15, 0.2) is 13.2 Å². The van der Waals surface area contributed by atoms with E-state index in [1.165, 1.54) is 57.5 Å². The number of carbonyl (C=O) groups excluding carboxylic acids is 2. The van der Waals surface area contributed by atoms with E-state index in [0.717, 1.165) is 25.1 Å². The average molecular weight is 531 g/mol. The molecule has 0 bridgehead atoms. The van der Waals surface area contributed by atoms with Crippen LogP contribution in [-0.4, -0.2) is 49.7 Å². The summed E-state index contributed by atoms with van der Waals surface area (Å²) in [5.41, 5.74) is 0.0988. The summed E-state index contributed by atoms with van der Waals surface area (Å²) in [7, 11) is 0.353. The van der Waals surface area contributed by atoms with Crippen LogP contribution >= 0.6 is 0 Å². The highest BCUT2D eigenvalue weighted by Crippen LogP contribution is 2.24. The van der Waals surface area contributed by atoms with Gasteiger partial charge in [0, 0.05) is 27.2 Å². The van der Waals surface area contributed by atoms with Crippen molar-refractivity contribution in [2.75, 3.05) is 29.9 Å². The lowest BCUT2D eigenvalue weighted by Gasteiger charge is -2.20. The number of sulfonamides is 1. The molecule has 1 aromatic heterocycles. The fourth-order valence-corrected chi connectivity index (χ4v) is 4.32. The molecule has 37 heavy (non-hydrogen) atoms. The standard InChI is InChI=1S/C24H26N4O8S/c1-16-5-11-19(12-6-16)37(33,34)28(4)17-7-9-18(10-8-17)35-15-23(31)36-14-21(29)25-20-13-22(30)27(3)24(32)26(20)2/h5-13H,14-15H2,1-4H3,(H,25,29). The third-order valence-corrected chi connectivity index (χ3v) is 7.19. The van der Waals surface area contributed by atoms with Gasteiger partial charge >= 0.3 is 11.7 Å². The Bertz CT molecular complexity index is 1520. The summed E-state index contributed by atoms with van der Waals surface area (Å²) in [6.45, 7) is 0.698. The highest BCUT2D eigenvalue weighted by molar-refractivity contribution is 7.92. The minimum Gasteiger partial charge on any atom is -0.482 e. The second-order valence-corrected chi connectivity index (χ2v) is 10.0. The molecule has 0 radical (unpaired) electrons. The quantitative estimate of drug-likeness (QED) is 0.400. The van der Waals surface area contributed by atoms with Crippen LogP contribution in [0.25, 0.3) is 0 Å². The van der Waals surface area contributed by atoms with Crippen LogP contribution in [0.15, 0.2) is 69.1 Å². The maximum Gasteiger partial charge on any atom is 0.344 e. The van der Waals surface area contributed by atoms with Gasteiger partial charge in [-0.15, -0.1) is 0 Å². The Morgan fingerprint density at radius 1 is 0.946 bits per heavy atom. The smallest absolute Gasteiger partial charge is 0.344 e. The van der Waals surface area contributed by atoms with Crippen LogP contribution in [0.3, 0.4) is 0 Å². The average Bonchev–Trinajstić information content (AvgIpc) is 2.88. The Morgan fingerprint density at radius 3 is 2.19 bits per heavy atom. The number of aryl methyl sites for hydroxylation is 1. The van der Waals surface area contributed by atoms with Gasteiger partial charge in [-0.2, -0.15) is 0 Å². The SMILES string of the molecule is Cc1ccc(S(=O)(=O)N(C)c2ccc(OCC(=O)OCC(=O)Nc3cc(=O)n(C)c(=O)n3C)cc2)cc1. The molecule has 0 saturated heterocycles. The van der Waals surface area contributed by atoms with Crippen molar-refractivity contribution in [1.29, 1.82) is 0 Å². The van der Waals surface area contributed by atoms with Crippen LogP contribution in [0.2, 0.25) is 0 Å². The molecule has 0 saturated carbocycles. The highest BCUT2D eigenvalue weighted by Gasteiger charge is 2.21. The molecule has 0 atom stereocenters. The van der Waals surface area contributed by atoms with Gasteiger partial charge < -0.3 is 14.8 Å². The van der Waals surface area contributed by atoms with E-state index in [2.05, 4.69) is 5.32 Å². The summed E-state index contributed by atoms with van der Waals surface area (Å²) in [4.78, 5) is 47.8. The van der Waals surface area contributed by atoms with Crippen molar-refractivity contribution in [2.24, 2.45) is 14.1 Å². The fourth-order valence-electron chi connectivity index (χ4n) is 3.12. The molecular weight excluding hydrogens is 504 g/mol. The van der Waals surface area contributed by atoms with Crippen LogP contribution in [-0.2, 0) is 38.4 Å². The second kappa shape index (κ2) is 11.1. The molecule has 0 aliphatic rings. The van der Waals surface area contributed by atoms with Gasteiger partial charge in [0.25, 0.3) is 21.5 Å². The van der Waals surface area contributed by atoms with Gasteiger partial charge in [0.1, 0.15) is 11.6 Å². The monoisotopic (exact) mass is 530 g/mol.